The highest BCUT2D eigenvalue weighted by Gasteiger charge is 2.05. The van der Waals surface area contributed by atoms with Crippen LogP contribution in [-0.4, -0.2) is 6.61 Å². The van der Waals surface area contributed by atoms with E-state index in [1.807, 2.05) is 6.07 Å². The van der Waals surface area contributed by atoms with E-state index in [9.17, 15) is 4.39 Å². The number of halogens is 2. The maximum atomic E-state index is 13.3. The molecular formula is C11H14FIO. The van der Waals surface area contributed by atoms with Crippen LogP contribution >= 0.6 is 22.6 Å². The Balaban J connectivity index is 2.59. The van der Waals surface area contributed by atoms with Gasteiger partial charge in [-0.2, -0.15) is 0 Å². The van der Waals surface area contributed by atoms with Crippen molar-refractivity contribution in [1.82, 2.24) is 0 Å². The van der Waals surface area contributed by atoms with Crippen LogP contribution in [0.15, 0.2) is 18.2 Å². The molecule has 1 atom stereocenters. The van der Waals surface area contributed by atoms with Crippen LogP contribution in [0.2, 0.25) is 0 Å². The lowest BCUT2D eigenvalue weighted by Crippen LogP contribution is -2.08. The topological polar surface area (TPSA) is 9.23 Å². The molecule has 0 unspecified atom stereocenters. The molecule has 0 aromatic heterocycles. The van der Waals surface area contributed by atoms with Gasteiger partial charge in [0.05, 0.1) is 6.61 Å². The summed E-state index contributed by atoms with van der Waals surface area (Å²) < 4.78 is 19.5. The van der Waals surface area contributed by atoms with Crippen molar-refractivity contribution >= 4 is 22.6 Å². The molecule has 0 saturated heterocycles. The van der Waals surface area contributed by atoms with Gasteiger partial charge in [0.25, 0.3) is 0 Å². The summed E-state index contributed by atoms with van der Waals surface area (Å²) in [5, 5.41) is 0. The van der Waals surface area contributed by atoms with Gasteiger partial charge < -0.3 is 4.74 Å². The molecule has 0 aliphatic rings. The maximum Gasteiger partial charge on any atom is 0.166 e. The van der Waals surface area contributed by atoms with Gasteiger partial charge in [-0.1, -0.05) is 20.3 Å². The highest BCUT2D eigenvalue weighted by Crippen LogP contribution is 2.20. The Morgan fingerprint density at radius 1 is 1.50 bits per heavy atom. The molecule has 0 heterocycles. The Hall–Kier alpha value is -0.320. The van der Waals surface area contributed by atoms with E-state index in [0.717, 1.165) is 9.99 Å². The zero-order valence-electron chi connectivity index (χ0n) is 8.39. The van der Waals surface area contributed by atoms with Crippen molar-refractivity contribution in [1.29, 1.82) is 0 Å². The summed E-state index contributed by atoms with van der Waals surface area (Å²) in [6.45, 7) is 4.76. The Morgan fingerprint density at radius 2 is 2.21 bits per heavy atom. The molecule has 14 heavy (non-hydrogen) atoms. The lowest BCUT2D eigenvalue weighted by Gasteiger charge is -2.11. The number of hydrogen-bond acceptors (Lipinski definition) is 1. The minimum atomic E-state index is -0.278. The average molecular weight is 308 g/mol. The SMILES string of the molecule is CC[C@H](C)COc1ccc(I)cc1F. The number of ether oxygens (including phenoxy) is 1. The smallest absolute Gasteiger partial charge is 0.166 e. The predicted octanol–water partition coefficient (Wildman–Crippen LogP) is 3.86. The molecule has 1 aromatic rings. The van der Waals surface area contributed by atoms with Gasteiger partial charge >= 0.3 is 0 Å². The van der Waals surface area contributed by atoms with Crippen molar-refractivity contribution in [2.24, 2.45) is 5.92 Å². The fourth-order valence-corrected chi connectivity index (χ4v) is 1.40. The van der Waals surface area contributed by atoms with E-state index in [1.54, 1.807) is 6.07 Å². The first-order valence-corrected chi connectivity index (χ1v) is 5.79. The third-order valence-electron chi connectivity index (χ3n) is 2.11. The van der Waals surface area contributed by atoms with Crippen molar-refractivity contribution in [2.45, 2.75) is 20.3 Å². The summed E-state index contributed by atoms with van der Waals surface area (Å²) in [7, 11) is 0. The molecule has 0 fully saturated rings. The van der Waals surface area contributed by atoms with Gasteiger partial charge in [0.2, 0.25) is 0 Å². The van der Waals surface area contributed by atoms with Crippen LogP contribution in [0.4, 0.5) is 4.39 Å². The van der Waals surface area contributed by atoms with E-state index >= 15 is 0 Å². The van der Waals surface area contributed by atoms with Gasteiger partial charge in [-0.3, -0.25) is 0 Å². The molecule has 0 spiro atoms. The first-order chi connectivity index (χ1) is 6.63. The summed E-state index contributed by atoms with van der Waals surface area (Å²) in [5.74, 6) is 0.541. The Morgan fingerprint density at radius 3 is 2.79 bits per heavy atom. The van der Waals surface area contributed by atoms with Crippen molar-refractivity contribution in [3.05, 3.63) is 27.6 Å². The monoisotopic (exact) mass is 308 g/mol. The normalized spacial score (nSPS) is 12.6. The quantitative estimate of drug-likeness (QED) is 0.768. The van der Waals surface area contributed by atoms with E-state index in [-0.39, 0.29) is 5.82 Å². The lowest BCUT2D eigenvalue weighted by atomic mass is 10.1. The van der Waals surface area contributed by atoms with Gasteiger partial charge in [-0.05, 0) is 46.7 Å². The molecule has 0 aliphatic carbocycles. The average Bonchev–Trinajstić information content (AvgIpc) is 2.16. The van der Waals surface area contributed by atoms with Gasteiger partial charge in [0.1, 0.15) is 0 Å². The molecule has 78 valence electrons. The third-order valence-corrected chi connectivity index (χ3v) is 2.79. The maximum absolute atomic E-state index is 13.3. The van der Waals surface area contributed by atoms with E-state index in [4.69, 9.17) is 4.74 Å². The largest absolute Gasteiger partial charge is 0.490 e. The van der Waals surface area contributed by atoms with Crippen LogP contribution < -0.4 is 4.74 Å². The van der Waals surface area contributed by atoms with Crippen LogP contribution in [0.3, 0.4) is 0 Å². The molecule has 3 heteroatoms. The summed E-state index contributed by atoms with van der Waals surface area (Å²) in [4.78, 5) is 0. The zero-order valence-corrected chi connectivity index (χ0v) is 10.5. The van der Waals surface area contributed by atoms with Gasteiger partial charge in [0, 0.05) is 3.57 Å². The molecule has 0 bridgehead atoms. The molecule has 0 radical (unpaired) electrons. The molecule has 0 saturated carbocycles. The van der Waals surface area contributed by atoms with Crippen molar-refractivity contribution in [2.75, 3.05) is 6.61 Å². The number of benzene rings is 1. The van der Waals surface area contributed by atoms with Crippen LogP contribution in [0.1, 0.15) is 20.3 Å². The predicted molar refractivity (Wildman–Crippen MR) is 64.1 cm³/mol. The molecule has 0 aliphatic heterocycles. The fourth-order valence-electron chi connectivity index (χ4n) is 0.942. The third kappa shape index (κ3) is 3.44. The highest BCUT2D eigenvalue weighted by atomic mass is 127. The second kappa shape index (κ2) is 5.53. The van der Waals surface area contributed by atoms with Crippen LogP contribution in [0.25, 0.3) is 0 Å². The highest BCUT2D eigenvalue weighted by molar-refractivity contribution is 14.1. The van der Waals surface area contributed by atoms with Crippen LogP contribution in [0.5, 0.6) is 5.75 Å². The second-order valence-electron chi connectivity index (χ2n) is 3.40. The van der Waals surface area contributed by atoms with Crippen LogP contribution in [0, 0.1) is 15.3 Å². The standard InChI is InChI=1S/C11H14FIO/c1-3-8(2)7-14-11-5-4-9(13)6-10(11)12/h4-6,8H,3,7H2,1-2H3/t8-/m0/s1. The summed E-state index contributed by atoms with van der Waals surface area (Å²) >= 11 is 2.08. The summed E-state index contributed by atoms with van der Waals surface area (Å²) in [5.41, 5.74) is 0. The molecule has 0 N–H and O–H groups in total. The molecule has 0 amide bonds. The minimum absolute atomic E-state index is 0.278. The van der Waals surface area contributed by atoms with E-state index in [0.29, 0.717) is 18.3 Å². The van der Waals surface area contributed by atoms with Gasteiger partial charge in [0.15, 0.2) is 11.6 Å². The van der Waals surface area contributed by atoms with Crippen molar-refractivity contribution in [3.8, 4) is 5.75 Å². The van der Waals surface area contributed by atoms with Crippen LogP contribution in [-0.2, 0) is 0 Å². The summed E-state index contributed by atoms with van der Waals surface area (Å²) in [6.07, 6.45) is 1.05. The molecular weight excluding hydrogens is 294 g/mol. The van der Waals surface area contributed by atoms with E-state index in [2.05, 4.69) is 36.4 Å². The summed E-state index contributed by atoms with van der Waals surface area (Å²) in [6, 6.07) is 5.00. The minimum Gasteiger partial charge on any atom is -0.490 e. The molecule has 1 rings (SSSR count). The Bertz CT molecular complexity index is 301. The second-order valence-corrected chi connectivity index (χ2v) is 4.64. The van der Waals surface area contributed by atoms with Gasteiger partial charge in [-0.25, -0.2) is 4.39 Å². The van der Waals surface area contributed by atoms with Crippen molar-refractivity contribution < 1.29 is 9.13 Å². The number of hydrogen-bond donors (Lipinski definition) is 0. The van der Waals surface area contributed by atoms with Gasteiger partial charge in [-0.15, -0.1) is 0 Å². The zero-order chi connectivity index (χ0) is 10.6. The van der Waals surface area contributed by atoms with E-state index < -0.39 is 0 Å². The first kappa shape index (κ1) is 11.8. The Kier molecular flexibility index (Phi) is 4.65. The number of rotatable bonds is 4. The molecule has 1 nitrogen and oxygen atoms in total. The lowest BCUT2D eigenvalue weighted by molar-refractivity contribution is 0.246. The van der Waals surface area contributed by atoms with Crippen molar-refractivity contribution in [3.63, 3.8) is 0 Å². The first-order valence-electron chi connectivity index (χ1n) is 4.71. The molecule has 1 aromatic carbocycles. The van der Waals surface area contributed by atoms with E-state index in [1.165, 1.54) is 6.07 Å². The Labute approximate surface area is 97.8 Å². The fraction of sp³-hybridized carbons (Fsp3) is 0.455.